The van der Waals surface area contributed by atoms with Crippen molar-refractivity contribution in [1.29, 1.82) is 0 Å². The number of aromatic nitrogens is 1. The summed E-state index contributed by atoms with van der Waals surface area (Å²) in [5.41, 5.74) is 4.30. The number of fused-ring (bicyclic) bond motifs is 2. The number of nitrogens with zero attached hydrogens (tertiary/aromatic N) is 2. The zero-order chi connectivity index (χ0) is 18.0. The molecular weight excluding hydrogens is 312 g/mol. The molecule has 0 radical (unpaired) electrons. The minimum absolute atomic E-state index is 0.125. The molecule has 1 aliphatic rings. The Morgan fingerprint density at radius 3 is 2.40 bits per heavy atom. The van der Waals surface area contributed by atoms with Gasteiger partial charge in [-0.1, -0.05) is 26.0 Å². The van der Waals surface area contributed by atoms with Gasteiger partial charge in [0.15, 0.2) is 5.43 Å². The van der Waals surface area contributed by atoms with Crippen LogP contribution in [-0.2, 0) is 11.8 Å². The Hall–Kier alpha value is -2.33. The van der Waals surface area contributed by atoms with E-state index in [9.17, 15) is 4.79 Å². The molecule has 0 unspecified atom stereocenters. The molecule has 0 spiro atoms. The van der Waals surface area contributed by atoms with Crippen molar-refractivity contribution in [2.24, 2.45) is 7.05 Å². The highest BCUT2D eigenvalue weighted by Gasteiger charge is 2.16. The molecule has 0 atom stereocenters. The van der Waals surface area contributed by atoms with Gasteiger partial charge in [0.25, 0.3) is 0 Å². The first-order valence-corrected chi connectivity index (χ1v) is 9.01. The lowest BCUT2D eigenvalue weighted by atomic mass is 10.0. The molecule has 0 amide bonds. The van der Waals surface area contributed by atoms with Gasteiger partial charge in [0.2, 0.25) is 0 Å². The molecule has 1 aliphatic heterocycles. The minimum Gasteiger partial charge on any atom is -0.378 e. The Kier molecular flexibility index (Phi) is 5.09. The van der Waals surface area contributed by atoms with Crippen molar-refractivity contribution in [1.82, 2.24) is 4.57 Å². The van der Waals surface area contributed by atoms with Gasteiger partial charge < -0.3 is 14.2 Å². The van der Waals surface area contributed by atoms with E-state index in [0.717, 1.165) is 53.7 Å². The van der Waals surface area contributed by atoms with Gasteiger partial charge >= 0.3 is 0 Å². The number of ether oxygens (including phenoxy) is 1. The van der Waals surface area contributed by atoms with E-state index in [-0.39, 0.29) is 5.43 Å². The fraction of sp³-hybridized carbons (Fsp3) is 0.381. The van der Waals surface area contributed by atoms with E-state index < -0.39 is 0 Å². The molecule has 4 heteroatoms. The molecule has 2 aromatic carbocycles. The molecule has 0 saturated carbocycles. The number of benzene rings is 2. The summed E-state index contributed by atoms with van der Waals surface area (Å²) in [6.07, 6.45) is 0. The largest absolute Gasteiger partial charge is 0.378 e. The van der Waals surface area contributed by atoms with E-state index in [0.29, 0.717) is 0 Å². The average Bonchev–Trinajstić information content (AvgIpc) is 2.68. The van der Waals surface area contributed by atoms with Crippen LogP contribution in [-0.4, -0.2) is 30.9 Å². The molecule has 25 heavy (non-hydrogen) atoms. The van der Waals surface area contributed by atoms with Crippen LogP contribution in [0.15, 0.2) is 41.2 Å². The van der Waals surface area contributed by atoms with E-state index >= 15 is 0 Å². The highest BCUT2D eigenvalue weighted by Crippen LogP contribution is 2.27. The van der Waals surface area contributed by atoms with E-state index in [1.165, 1.54) is 5.69 Å². The summed E-state index contributed by atoms with van der Waals surface area (Å²) in [6.45, 7) is 9.34. The van der Waals surface area contributed by atoms with Crippen LogP contribution >= 0.6 is 0 Å². The van der Waals surface area contributed by atoms with Gasteiger partial charge in [-0.3, -0.25) is 4.79 Å². The van der Waals surface area contributed by atoms with Crippen molar-refractivity contribution >= 4 is 27.5 Å². The highest BCUT2D eigenvalue weighted by molar-refractivity contribution is 5.96. The lowest BCUT2D eigenvalue weighted by Gasteiger charge is -2.29. The summed E-state index contributed by atoms with van der Waals surface area (Å²) < 4.78 is 7.57. The van der Waals surface area contributed by atoms with Gasteiger partial charge in [-0.15, -0.1) is 0 Å². The summed E-state index contributed by atoms with van der Waals surface area (Å²) >= 11 is 0. The second-order valence-corrected chi connectivity index (χ2v) is 6.16. The molecule has 3 aromatic rings. The molecule has 0 N–H and O–H groups in total. The number of rotatable bonds is 1. The molecule has 1 aromatic heterocycles. The number of hydrogen-bond acceptors (Lipinski definition) is 3. The second-order valence-electron chi connectivity index (χ2n) is 6.16. The first kappa shape index (κ1) is 17.5. The zero-order valence-electron chi connectivity index (χ0n) is 15.5. The zero-order valence-corrected chi connectivity index (χ0v) is 15.5. The lowest BCUT2D eigenvalue weighted by molar-refractivity contribution is 0.122. The molecule has 0 bridgehead atoms. The second kappa shape index (κ2) is 7.28. The normalized spacial score (nSPS) is 14.5. The molecule has 1 saturated heterocycles. The Morgan fingerprint density at radius 2 is 1.68 bits per heavy atom. The minimum atomic E-state index is 0.125. The smallest absolute Gasteiger partial charge is 0.197 e. The molecule has 2 heterocycles. The standard InChI is InChI=1S/C19H20N2O2.C2H6/c1-13-11-14(21-7-9-23-10-8-21)12-17-18(13)19(22)15-5-3-4-6-16(15)20(17)2;1-2/h3-6,11-12H,7-10H2,1-2H3;1-2H3. The predicted octanol–water partition coefficient (Wildman–Crippen LogP) is 3.86. The van der Waals surface area contributed by atoms with Gasteiger partial charge in [0, 0.05) is 36.6 Å². The van der Waals surface area contributed by atoms with E-state index in [2.05, 4.69) is 21.6 Å². The third kappa shape index (κ3) is 3.02. The number of hydrogen-bond donors (Lipinski definition) is 0. The van der Waals surface area contributed by atoms with Gasteiger partial charge in [-0.05, 0) is 36.8 Å². The van der Waals surface area contributed by atoms with Crippen LogP contribution in [0.25, 0.3) is 21.8 Å². The maximum absolute atomic E-state index is 12.9. The maximum Gasteiger partial charge on any atom is 0.197 e. The lowest BCUT2D eigenvalue weighted by Crippen LogP contribution is -2.36. The van der Waals surface area contributed by atoms with Crippen molar-refractivity contribution < 1.29 is 4.74 Å². The van der Waals surface area contributed by atoms with E-state index in [1.807, 2.05) is 52.1 Å². The number of pyridine rings is 1. The molecule has 4 rings (SSSR count). The highest BCUT2D eigenvalue weighted by atomic mass is 16.5. The van der Waals surface area contributed by atoms with Crippen LogP contribution < -0.4 is 10.3 Å². The summed E-state index contributed by atoms with van der Waals surface area (Å²) in [5, 5.41) is 1.60. The monoisotopic (exact) mass is 338 g/mol. The predicted molar refractivity (Wildman–Crippen MR) is 106 cm³/mol. The van der Waals surface area contributed by atoms with Gasteiger partial charge in [0.05, 0.1) is 24.2 Å². The number of para-hydroxylation sites is 1. The van der Waals surface area contributed by atoms with Crippen molar-refractivity contribution in [2.75, 3.05) is 31.2 Å². The Bertz CT molecular complexity index is 953. The van der Waals surface area contributed by atoms with Crippen LogP contribution in [0.4, 0.5) is 5.69 Å². The molecule has 132 valence electrons. The van der Waals surface area contributed by atoms with Crippen LogP contribution in [0.1, 0.15) is 19.4 Å². The van der Waals surface area contributed by atoms with Crippen LogP contribution in [0.2, 0.25) is 0 Å². The van der Waals surface area contributed by atoms with Crippen molar-refractivity contribution in [3.63, 3.8) is 0 Å². The third-order valence-electron chi connectivity index (χ3n) is 4.77. The van der Waals surface area contributed by atoms with Crippen molar-refractivity contribution in [3.05, 3.63) is 52.2 Å². The molecule has 4 nitrogen and oxygen atoms in total. The number of aryl methyl sites for hydroxylation is 2. The topological polar surface area (TPSA) is 34.5 Å². The van der Waals surface area contributed by atoms with Crippen LogP contribution in [0.5, 0.6) is 0 Å². The Balaban J connectivity index is 0.000000880. The summed E-state index contributed by atoms with van der Waals surface area (Å²) in [6, 6.07) is 12.1. The Morgan fingerprint density at radius 1 is 1.00 bits per heavy atom. The summed E-state index contributed by atoms with van der Waals surface area (Å²) in [7, 11) is 2.03. The first-order chi connectivity index (χ1) is 12.2. The number of anilines is 1. The van der Waals surface area contributed by atoms with Gasteiger partial charge in [-0.25, -0.2) is 0 Å². The summed E-state index contributed by atoms with van der Waals surface area (Å²) in [4.78, 5) is 15.2. The van der Waals surface area contributed by atoms with Crippen molar-refractivity contribution in [3.8, 4) is 0 Å². The third-order valence-corrected chi connectivity index (χ3v) is 4.77. The molecule has 0 aliphatic carbocycles. The average molecular weight is 338 g/mol. The maximum atomic E-state index is 12.9. The van der Waals surface area contributed by atoms with Gasteiger partial charge in [-0.2, -0.15) is 0 Å². The fourth-order valence-corrected chi connectivity index (χ4v) is 3.54. The quantitative estimate of drug-likeness (QED) is 0.632. The van der Waals surface area contributed by atoms with E-state index in [4.69, 9.17) is 4.74 Å². The molecular formula is C21H26N2O2. The first-order valence-electron chi connectivity index (χ1n) is 9.01. The van der Waals surface area contributed by atoms with Crippen LogP contribution in [0.3, 0.4) is 0 Å². The fourth-order valence-electron chi connectivity index (χ4n) is 3.54. The van der Waals surface area contributed by atoms with E-state index in [1.54, 1.807) is 0 Å². The number of morpholine rings is 1. The SMILES string of the molecule is CC.Cc1cc(N2CCOCC2)cc2c1c(=O)c1ccccc1n2C. The van der Waals surface area contributed by atoms with Gasteiger partial charge in [0.1, 0.15) is 0 Å². The van der Waals surface area contributed by atoms with Crippen molar-refractivity contribution in [2.45, 2.75) is 20.8 Å². The summed E-state index contributed by atoms with van der Waals surface area (Å²) in [5.74, 6) is 0. The molecule has 1 fully saturated rings. The van der Waals surface area contributed by atoms with Crippen LogP contribution in [0, 0.1) is 6.92 Å². The Labute approximate surface area is 148 Å².